The lowest BCUT2D eigenvalue weighted by atomic mass is 9.92. The van der Waals surface area contributed by atoms with E-state index in [1.165, 1.54) is 43.5 Å². The van der Waals surface area contributed by atoms with Crippen LogP contribution < -0.4 is 10.2 Å². The van der Waals surface area contributed by atoms with Crippen LogP contribution in [0.1, 0.15) is 37.3 Å². The first-order chi connectivity index (χ1) is 8.90. The molecule has 1 atom stereocenters. The number of hydrogen-bond acceptors (Lipinski definition) is 3. The van der Waals surface area contributed by atoms with Crippen LogP contribution in [0.4, 0.5) is 5.82 Å². The van der Waals surface area contributed by atoms with Gasteiger partial charge in [0.05, 0.1) is 0 Å². The van der Waals surface area contributed by atoms with Gasteiger partial charge in [0.25, 0.3) is 0 Å². The van der Waals surface area contributed by atoms with Crippen molar-refractivity contribution in [1.82, 2.24) is 10.3 Å². The summed E-state index contributed by atoms with van der Waals surface area (Å²) in [6, 6.07) is 2.90. The van der Waals surface area contributed by atoms with E-state index in [1.54, 1.807) is 5.56 Å². The Morgan fingerprint density at radius 3 is 3.33 bits per heavy atom. The van der Waals surface area contributed by atoms with Crippen LogP contribution in [-0.2, 0) is 12.8 Å². The summed E-state index contributed by atoms with van der Waals surface area (Å²) in [5.41, 5.74) is 3.07. The summed E-state index contributed by atoms with van der Waals surface area (Å²) in [5, 5.41) is 3.49. The van der Waals surface area contributed by atoms with E-state index in [1.807, 2.05) is 6.20 Å². The fourth-order valence-corrected chi connectivity index (χ4v) is 3.25. The van der Waals surface area contributed by atoms with Crippen LogP contribution in [0, 0.1) is 0 Å². The fourth-order valence-electron chi connectivity index (χ4n) is 3.25. The summed E-state index contributed by atoms with van der Waals surface area (Å²) in [4.78, 5) is 7.20. The molecule has 18 heavy (non-hydrogen) atoms. The smallest absolute Gasteiger partial charge is 0.132 e. The van der Waals surface area contributed by atoms with Crippen LogP contribution in [-0.4, -0.2) is 30.7 Å². The molecule has 98 valence electrons. The third-order valence-corrected chi connectivity index (χ3v) is 4.28. The molecule has 0 spiro atoms. The second-order valence-corrected chi connectivity index (χ2v) is 5.47. The maximum atomic E-state index is 4.67. The number of hydrogen-bond donors (Lipinski definition) is 1. The van der Waals surface area contributed by atoms with Crippen molar-refractivity contribution in [2.24, 2.45) is 0 Å². The van der Waals surface area contributed by atoms with Crippen molar-refractivity contribution in [3.05, 3.63) is 23.4 Å². The quantitative estimate of drug-likeness (QED) is 0.884. The molecule has 0 aromatic carbocycles. The molecule has 0 radical (unpaired) electrons. The van der Waals surface area contributed by atoms with E-state index in [9.17, 15) is 0 Å². The van der Waals surface area contributed by atoms with Crippen LogP contribution in [0.5, 0.6) is 0 Å². The maximum absolute atomic E-state index is 4.67. The molecule has 0 saturated carbocycles. The summed E-state index contributed by atoms with van der Waals surface area (Å²) in [7, 11) is 0. The normalized spacial score (nSPS) is 22.5. The molecule has 2 aliphatic rings. The van der Waals surface area contributed by atoms with Crippen molar-refractivity contribution in [2.75, 3.05) is 24.5 Å². The van der Waals surface area contributed by atoms with Crippen LogP contribution in [0.2, 0.25) is 0 Å². The van der Waals surface area contributed by atoms with E-state index in [2.05, 4.69) is 28.2 Å². The van der Waals surface area contributed by atoms with Gasteiger partial charge in [0.2, 0.25) is 0 Å². The Hall–Kier alpha value is -1.09. The van der Waals surface area contributed by atoms with E-state index >= 15 is 0 Å². The van der Waals surface area contributed by atoms with Gasteiger partial charge in [-0.05, 0) is 42.9 Å². The SMILES string of the molecule is CCCCc1ccnc2c1CC[C@@H]1CNCCN21. The Kier molecular flexibility index (Phi) is 3.50. The molecule has 3 heteroatoms. The largest absolute Gasteiger partial charge is 0.351 e. The minimum Gasteiger partial charge on any atom is -0.351 e. The van der Waals surface area contributed by atoms with Gasteiger partial charge in [0.15, 0.2) is 0 Å². The molecule has 3 nitrogen and oxygen atoms in total. The van der Waals surface area contributed by atoms with Gasteiger partial charge in [0, 0.05) is 31.9 Å². The van der Waals surface area contributed by atoms with Gasteiger partial charge in [-0.3, -0.25) is 0 Å². The molecule has 0 bridgehead atoms. The average Bonchev–Trinajstić information content (AvgIpc) is 2.44. The van der Waals surface area contributed by atoms with E-state index in [-0.39, 0.29) is 0 Å². The van der Waals surface area contributed by atoms with Crippen LogP contribution in [0.25, 0.3) is 0 Å². The number of fused-ring (bicyclic) bond motifs is 3. The predicted molar refractivity (Wildman–Crippen MR) is 75.2 cm³/mol. The highest BCUT2D eigenvalue weighted by molar-refractivity contribution is 5.54. The van der Waals surface area contributed by atoms with Gasteiger partial charge in [-0.2, -0.15) is 0 Å². The van der Waals surface area contributed by atoms with E-state index in [4.69, 9.17) is 0 Å². The van der Waals surface area contributed by atoms with Crippen molar-refractivity contribution in [1.29, 1.82) is 0 Å². The van der Waals surface area contributed by atoms with Crippen molar-refractivity contribution < 1.29 is 0 Å². The number of nitrogens with one attached hydrogen (secondary N) is 1. The third kappa shape index (κ3) is 2.12. The average molecular weight is 245 g/mol. The van der Waals surface area contributed by atoms with E-state index < -0.39 is 0 Å². The predicted octanol–water partition coefficient (Wildman–Crippen LogP) is 2.15. The zero-order valence-electron chi connectivity index (χ0n) is 11.3. The number of nitrogens with zero attached hydrogens (tertiary/aromatic N) is 2. The number of anilines is 1. The van der Waals surface area contributed by atoms with E-state index in [0.29, 0.717) is 6.04 Å². The molecule has 3 rings (SSSR count). The minimum absolute atomic E-state index is 0.667. The zero-order chi connectivity index (χ0) is 12.4. The fraction of sp³-hybridized carbons (Fsp3) is 0.667. The standard InChI is InChI=1S/C15H23N3/c1-2-3-4-12-7-8-17-15-14(12)6-5-13-11-16-9-10-18(13)15/h7-8,13,16H,2-6,9-11H2,1H3/t13-/m1/s1. The van der Waals surface area contributed by atoms with Crippen LogP contribution >= 0.6 is 0 Å². The lowest BCUT2D eigenvalue weighted by Gasteiger charge is -2.42. The molecule has 1 aromatic heterocycles. The highest BCUT2D eigenvalue weighted by Crippen LogP contribution is 2.32. The lowest BCUT2D eigenvalue weighted by molar-refractivity contribution is 0.434. The molecule has 0 aliphatic carbocycles. The number of rotatable bonds is 3. The van der Waals surface area contributed by atoms with Crippen molar-refractivity contribution in [3.8, 4) is 0 Å². The van der Waals surface area contributed by atoms with Gasteiger partial charge in [-0.25, -0.2) is 4.98 Å². The highest BCUT2D eigenvalue weighted by atomic mass is 15.3. The molecule has 0 amide bonds. The van der Waals surface area contributed by atoms with Gasteiger partial charge >= 0.3 is 0 Å². The van der Waals surface area contributed by atoms with Gasteiger partial charge in [-0.15, -0.1) is 0 Å². The number of piperazine rings is 1. The summed E-state index contributed by atoms with van der Waals surface area (Å²) in [5.74, 6) is 1.28. The Balaban J connectivity index is 1.89. The Morgan fingerprint density at radius 1 is 1.50 bits per heavy atom. The van der Waals surface area contributed by atoms with Gasteiger partial charge in [-0.1, -0.05) is 13.3 Å². The summed E-state index contributed by atoms with van der Waals surface area (Å²) in [6.07, 6.45) is 8.29. The van der Waals surface area contributed by atoms with Crippen LogP contribution in [0.15, 0.2) is 12.3 Å². The molecule has 3 heterocycles. The lowest BCUT2D eigenvalue weighted by Crippen LogP contribution is -2.53. The first-order valence-electron chi connectivity index (χ1n) is 7.34. The first-order valence-corrected chi connectivity index (χ1v) is 7.34. The number of unbranched alkanes of at least 4 members (excludes halogenated alkanes) is 1. The van der Waals surface area contributed by atoms with Crippen molar-refractivity contribution >= 4 is 5.82 Å². The minimum atomic E-state index is 0.667. The van der Waals surface area contributed by atoms with E-state index in [0.717, 1.165) is 19.6 Å². The molecule has 1 fully saturated rings. The Labute approximate surface area is 110 Å². The number of aryl methyl sites for hydroxylation is 1. The first kappa shape index (κ1) is 12.0. The molecule has 1 aromatic rings. The molecular weight excluding hydrogens is 222 g/mol. The van der Waals surface area contributed by atoms with Gasteiger partial charge < -0.3 is 10.2 Å². The Morgan fingerprint density at radius 2 is 2.44 bits per heavy atom. The topological polar surface area (TPSA) is 28.2 Å². The van der Waals surface area contributed by atoms with Crippen molar-refractivity contribution in [2.45, 2.75) is 45.1 Å². The maximum Gasteiger partial charge on any atom is 0.132 e. The molecule has 1 N–H and O–H groups in total. The zero-order valence-corrected chi connectivity index (χ0v) is 11.3. The van der Waals surface area contributed by atoms with Crippen LogP contribution in [0.3, 0.4) is 0 Å². The summed E-state index contributed by atoms with van der Waals surface area (Å²) >= 11 is 0. The molecule has 1 saturated heterocycles. The number of pyridine rings is 1. The monoisotopic (exact) mass is 245 g/mol. The third-order valence-electron chi connectivity index (χ3n) is 4.28. The molecule has 2 aliphatic heterocycles. The highest BCUT2D eigenvalue weighted by Gasteiger charge is 2.30. The summed E-state index contributed by atoms with van der Waals surface area (Å²) < 4.78 is 0. The van der Waals surface area contributed by atoms with Gasteiger partial charge in [0.1, 0.15) is 5.82 Å². The number of aromatic nitrogens is 1. The Bertz CT molecular complexity index is 416. The second kappa shape index (κ2) is 5.27. The van der Waals surface area contributed by atoms with Crippen molar-refractivity contribution in [3.63, 3.8) is 0 Å². The molecule has 0 unspecified atom stereocenters. The second-order valence-electron chi connectivity index (χ2n) is 5.47. The molecular formula is C15H23N3. The summed E-state index contributed by atoms with van der Waals surface area (Å²) in [6.45, 7) is 5.60.